The van der Waals surface area contributed by atoms with Crippen LogP contribution in [0.1, 0.15) is 24.1 Å². The van der Waals surface area contributed by atoms with Gasteiger partial charge in [-0.2, -0.15) is 5.26 Å². The molecule has 0 bridgehead atoms. The van der Waals surface area contributed by atoms with Crippen LogP contribution in [0, 0.1) is 11.3 Å². The fourth-order valence-electron chi connectivity index (χ4n) is 1.85. The summed E-state index contributed by atoms with van der Waals surface area (Å²) in [7, 11) is 0. The van der Waals surface area contributed by atoms with E-state index in [-0.39, 0.29) is 6.04 Å². The van der Waals surface area contributed by atoms with Gasteiger partial charge in [0.25, 0.3) is 0 Å². The minimum atomic E-state index is 0.0695. The first-order valence-corrected chi connectivity index (χ1v) is 6.99. The van der Waals surface area contributed by atoms with Crippen LogP contribution in [0.2, 0.25) is 5.02 Å². The molecule has 0 saturated carbocycles. The third-order valence-corrected chi connectivity index (χ3v) is 3.74. The first kappa shape index (κ1) is 13.9. The lowest BCUT2D eigenvalue weighted by Gasteiger charge is -2.17. The van der Waals surface area contributed by atoms with Gasteiger partial charge in [-0.1, -0.05) is 29.8 Å². The molecular weight excluding hydrogens is 324 g/mol. The Balaban J connectivity index is 2.27. The summed E-state index contributed by atoms with van der Waals surface area (Å²) in [5, 5.41) is 13.2. The Morgan fingerprint density at radius 1 is 1.26 bits per heavy atom. The van der Waals surface area contributed by atoms with Gasteiger partial charge in [0, 0.05) is 15.5 Å². The largest absolute Gasteiger partial charge is 0.377 e. The van der Waals surface area contributed by atoms with Gasteiger partial charge in [0.05, 0.1) is 11.3 Å². The number of halogens is 2. The summed E-state index contributed by atoms with van der Waals surface area (Å²) in [6.07, 6.45) is 0. The van der Waals surface area contributed by atoms with E-state index >= 15 is 0 Å². The van der Waals surface area contributed by atoms with Crippen molar-refractivity contribution in [1.82, 2.24) is 0 Å². The molecule has 1 atom stereocenters. The summed E-state index contributed by atoms with van der Waals surface area (Å²) in [6, 6.07) is 15.6. The number of nitriles is 1. The van der Waals surface area contributed by atoms with Crippen LogP contribution in [-0.2, 0) is 0 Å². The van der Waals surface area contributed by atoms with Crippen molar-refractivity contribution in [3.63, 3.8) is 0 Å². The van der Waals surface area contributed by atoms with Gasteiger partial charge >= 0.3 is 0 Å². The van der Waals surface area contributed by atoms with E-state index in [9.17, 15) is 5.26 Å². The zero-order valence-electron chi connectivity index (χ0n) is 10.3. The van der Waals surface area contributed by atoms with E-state index in [0.717, 1.165) is 15.7 Å². The third-order valence-electron chi connectivity index (χ3n) is 2.85. The third kappa shape index (κ3) is 3.28. The molecule has 0 aliphatic heterocycles. The van der Waals surface area contributed by atoms with Crippen LogP contribution in [0.15, 0.2) is 46.9 Å². The van der Waals surface area contributed by atoms with E-state index < -0.39 is 0 Å². The number of hydrogen-bond donors (Lipinski definition) is 1. The number of anilines is 1. The summed E-state index contributed by atoms with van der Waals surface area (Å²) in [5.41, 5.74) is 2.50. The molecule has 0 spiro atoms. The van der Waals surface area contributed by atoms with Crippen LogP contribution < -0.4 is 5.32 Å². The summed E-state index contributed by atoms with van der Waals surface area (Å²) in [5.74, 6) is 0. The minimum Gasteiger partial charge on any atom is -0.377 e. The first-order valence-electron chi connectivity index (χ1n) is 5.82. The highest BCUT2D eigenvalue weighted by molar-refractivity contribution is 9.10. The summed E-state index contributed by atoms with van der Waals surface area (Å²) < 4.78 is 0.790. The average Bonchev–Trinajstić information content (AvgIpc) is 2.39. The van der Waals surface area contributed by atoms with Crippen molar-refractivity contribution >= 4 is 33.2 Å². The number of rotatable bonds is 3. The maximum atomic E-state index is 9.19. The fourth-order valence-corrected chi connectivity index (χ4v) is 2.50. The monoisotopic (exact) mass is 334 g/mol. The molecule has 0 aliphatic rings. The van der Waals surface area contributed by atoms with Gasteiger partial charge in [0.1, 0.15) is 6.07 Å². The molecule has 2 rings (SSSR count). The Morgan fingerprint density at radius 3 is 2.68 bits per heavy atom. The van der Waals surface area contributed by atoms with Gasteiger partial charge < -0.3 is 5.32 Å². The quantitative estimate of drug-likeness (QED) is 0.842. The average molecular weight is 336 g/mol. The molecule has 19 heavy (non-hydrogen) atoms. The summed E-state index contributed by atoms with van der Waals surface area (Å²) in [4.78, 5) is 0. The molecule has 0 radical (unpaired) electrons. The second kappa shape index (κ2) is 6.10. The lowest BCUT2D eigenvalue weighted by molar-refractivity contribution is 0.884. The molecule has 1 N–H and O–H groups in total. The SMILES string of the molecule is CC(Nc1cccc(Br)c1C#N)c1cccc(Cl)c1. The van der Waals surface area contributed by atoms with Crippen LogP contribution in [-0.4, -0.2) is 0 Å². The van der Waals surface area contributed by atoms with Crippen LogP contribution in [0.4, 0.5) is 5.69 Å². The van der Waals surface area contributed by atoms with Gasteiger partial charge in [-0.15, -0.1) is 0 Å². The number of benzene rings is 2. The molecule has 96 valence electrons. The molecule has 2 aromatic carbocycles. The van der Waals surface area contributed by atoms with Crippen LogP contribution in [0.25, 0.3) is 0 Å². The highest BCUT2D eigenvalue weighted by Crippen LogP contribution is 2.28. The van der Waals surface area contributed by atoms with Crippen LogP contribution in [0.5, 0.6) is 0 Å². The second-order valence-electron chi connectivity index (χ2n) is 4.20. The summed E-state index contributed by atoms with van der Waals surface area (Å²) >= 11 is 9.37. The van der Waals surface area contributed by atoms with Gasteiger partial charge in [-0.3, -0.25) is 0 Å². The Morgan fingerprint density at radius 2 is 2.00 bits per heavy atom. The molecule has 0 amide bonds. The molecule has 2 nitrogen and oxygen atoms in total. The highest BCUT2D eigenvalue weighted by atomic mass is 79.9. The molecular formula is C15H12BrClN2. The molecule has 4 heteroatoms. The predicted octanol–water partition coefficient (Wildman–Crippen LogP) is 5.15. The standard InChI is InChI=1S/C15H12BrClN2/c1-10(11-4-2-5-12(17)8-11)19-15-7-3-6-14(16)13(15)9-18/h2-8,10,19H,1H3. The molecule has 0 fully saturated rings. The van der Waals surface area contributed by atoms with E-state index in [1.807, 2.05) is 49.4 Å². The van der Waals surface area contributed by atoms with Gasteiger partial charge in [0.2, 0.25) is 0 Å². The van der Waals surface area contributed by atoms with Crippen molar-refractivity contribution in [1.29, 1.82) is 5.26 Å². The van der Waals surface area contributed by atoms with Crippen molar-refractivity contribution in [2.75, 3.05) is 5.32 Å². The van der Waals surface area contributed by atoms with Gasteiger partial charge in [0.15, 0.2) is 0 Å². The molecule has 1 unspecified atom stereocenters. The normalized spacial score (nSPS) is 11.7. The molecule has 2 aromatic rings. The van der Waals surface area contributed by atoms with Crippen LogP contribution >= 0.6 is 27.5 Å². The highest BCUT2D eigenvalue weighted by Gasteiger charge is 2.10. The number of nitrogens with one attached hydrogen (secondary N) is 1. The van der Waals surface area contributed by atoms with Crippen molar-refractivity contribution < 1.29 is 0 Å². The maximum Gasteiger partial charge on any atom is 0.103 e. The molecule has 0 saturated heterocycles. The van der Waals surface area contributed by atoms with Gasteiger partial charge in [-0.25, -0.2) is 0 Å². The lowest BCUT2D eigenvalue weighted by Crippen LogP contribution is -2.08. The van der Waals surface area contributed by atoms with Crippen molar-refractivity contribution in [2.45, 2.75) is 13.0 Å². The Labute approximate surface area is 126 Å². The van der Waals surface area contributed by atoms with E-state index in [4.69, 9.17) is 11.6 Å². The Bertz CT molecular complexity index is 634. The molecule has 0 aromatic heterocycles. The topological polar surface area (TPSA) is 35.8 Å². The minimum absolute atomic E-state index is 0.0695. The van der Waals surface area contributed by atoms with Crippen molar-refractivity contribution in [3.05, 3.63) is 63.1 Å². The van der Waals surface area contributed by atoms with E-state index in [1.165, 1.54) is 0 Å². The first-order chi connectivity index (χ1) is 9.11. The molecule has 0 heterocycles. The van der Waals surface area contributed by atoms with Crippen molar-refractivity contribution in [3.8, 4) is 6.07 Å². The summed E-state index contributed by atoms with van der Waals surface area (Å²) in [6.45, 7) is 2.04. The molecule has 0 aliphatic carbocycles. The number of nitrogens with zero attached hydrogens (tertiary/aromatic N) is 1. The maximum absolute atomic E-state index is 9.19. The van der Waals surface area contributed by atoms with Gasteiger partial charge in [-0.05, 0) is 52.7 Å². The lowest BCUT2D eigenvalue weighted by atomic mass is 10.1. The predicted molar refractivity (Wildman–Crippen MR) is 82.3 cm³/mol. The van der Waals surface area contributed by atoms with E-state index in [0.29, 0.717) is 10.6 Å². The Kier molecular flexibility index (Phi) is 4.47. The zero-order valence-corrected chi connectivity index (χ0v) is 12.7. The van der Waals surface area contributed by atoms with E-state index in [1.54, 1.807) is 0 Å². The van der Waals surface area contributed by atoms with E-state index in [2.05, 4.69) is 27.3 Å². The second-order valence-corrected chi connectivity index (χ2v) is 5.49. The smallest absolute Gasteiger partial charge is 0.103 e. The number of hydrogen-bond acceptors (Lipinski definition) is 2. The Hall–Kier alpha value is -1.50. The fraction of sp³-hybridized carbons (Fsp3) is 0.133. The van der Waals surface area contributed by atoms with Crippen LogP contribution in [0.3, 0.4) is 0 Å². The zero-order chi connectivity index (χ0) is 13.8. The van der Waals surface area contributed by atoms with Crippen molar-refractivity contribution in [2.24, 2.45) is 0 Å².